The molecule has 0 aromatic carbocycles. The van der Waals surface area contributed by atoms with Gasteiger partial charge in [-0.15, -0.1) is 0 Å². The number of aromatic nitrogens is 2. The molecule has 0 N–H and O–H groups in total. The molecule has 2 saturated heterocycles. The van der Waals surface area contributed by atoms with Crippen LogP contribution in [0, 0.1) is 0 Å². The van der Waals surface area contributed by atoms with Gasteiger partial charge in [0.15, 0.2) is 6.29 Å². The lowest BCUT2D eigenvalue weighted by molar-refractivity contribution is -0.111. The zero-order chi connectivity index (χ0) is 13.1. The Bertz CT molecular complexity index is 401. The van der Waals surface area contributed by atoms with Crippen LogP contribution >= 0.6 is 0 Å². The van der Waals surface area contributed by atoms with E-state index in [1.54, 1.807) is 0 Å². The lowest BCUT2D eigenvalue weighted by atomic mass is 10.0. The van der Waals surface area contributed by atoms with Crippen molar-refractivity contribution in [2.24, 2.45) is 0 Å². The zero-order valence-corrected chi connectivity index (χ0v) is 11.6. The molecule has 0 saturated carbocycles. The molecule has 5 heteroatoms. The number of ether oxygens (including phenoxy) is 2. The number of nitrogens with zero attached hydrogens (tertiary/aromatic N) is 3. The predicted molar refractivity (Wildman–Crippen MR) is 71.6 cm³/mol. The van der Waals surface area contributed by atoms with E-state index >= 15 is 0 Å². The van der Waals surface area contributed by atoms with Gasteiger partial charge in [-0.1, -0.05) is 6.42 Å². The maximum Gasteiger partial charge on any atom is 0.173 e. The van der Waals surface area contributed by atoms with E-state index in [0.29, 0.717) is 6.04 Å². The average molecular weight is 265 g/mol. The van der Waals surface area contributed by atoms with Gasteiger partial charge in [0.2, 0.25) is 0 Å². The van der Waals surface area contributed by atoms with Gasteiger partial charge in [0.1, 0.15) is 0 Å². The number of likely N-dealkylation sites (tertiary alicyclic amines) is 1. The summed E-state index contributed by atoms with van der Waals surface area (Å²) >= 11 is 0. The van der Waals surface area contributed by atoms with Gasteiger partial charge < -0.3 is 9.47 Å². The van der Waals surface area contributed by atoms with Crippen LogP contribution < -0.4 is 0 Å². The van der Waals surface area contributed by atoms with Crippen molar-refractivity contribution in [3.05, 3.63) is 18.0 Å². The molecule has 2 aliphatic rings. The third kappa shape index (κ3) is 2.99. The third-order valence-corrected chi connectivity index (χ3v) is 4.02. The van der Waals surface area contributed by atoms with Gasteiger partial charge >= 0.3 is 0 Å². The van der Waals surface area contributed by atoms with E-state index in [1.165, 1.54) is 24.8 Å². The summed E-state index contributed by atoms with van der Waals surface area (Å²) in [6.07, 6.45) is 7.81. The first kappa shape index (κ1) is 13.1. The van der Waals surface area contributed by atoms with Gasteiger partial charge in [0, 0.05) is 24.8 Å². The summed E-state index contributed by atoms with van der Waals surface area (Å²) in [4.78, 5) is 2.50. The highest BCUT2D eigenvalue weighted by atomic mass is 16.7. The maximum absolute atomic E-state index is 5.70. The second kappa shape index (κ2) is 6.03. The molecular formula is C14H23N3O2. The first-order chi connectivity index (χ1) is 9.36. The van der Waals surface area contributed by atoms with Crippen LogP contribution in [0.25, 0.3) is 0 Å². The SMILES string of the molecule is CCn1cc(CN2CCCCC2C2OCCO2)cn1. The Morgan fingerprint density at radius 1 is 1.32 bits per heavy atom. The summed E-state index contributed by atoms with van der Waals surface area (Å²) in [5.74, 6) is 0. The standard InChI is InChI=1S/C14H23N3O2/c1-2-17-11-12(9-15-17)10-16-6-4-3-5-13(16)14-18-7-8-19-14/h9,11,13-14H,2-8,10H2,1H3. The van der Waals surface area contributed by atoms with Crippen LogP contribution in [0.15, 0.2) is 12.4 Å². The molecule has 1 unspecified atom stereocenters. The predicted octanol–water partition coefficient (Wildman–Crippen LogP) is 1.63. The van der Waals surface area contributed by atoms with Gasteiger partial charge in [-0.05, 0) is 26.3 Å². The van der Waals surface area contributed by atoms with E-state index in [1.807, 2.05) is 10.9 Å². The van der Waals surface area contributed by atoms with Crippen molar-refractivity contribution in [3.63, 3.8) is 0 Å². The van der Waals surface area contributed by atoms with Crippen molar-refractivity contribution in [1.29, 1.82) is 0 Å². The van der Waals surface area contributed by atoms with Crippen molar-refractivity contribution in [1.82, 2.24) is 14.7 Å². The lowest BCUT2D eigenvalue weighted by Gasteiger charge is -2.37. The number of aryl methyl sites for hydroxylation is 1. The fraction of sp³-hybridized carbons (Fsp3) is 0.786. The van der Waals surface area contributed by atoms with Crippen molar-refractivity contribution in [2.45, 2.75) is 51.6 Å². The average Bonchev–Trinajstić information content (AvgIpc) is 3.10. The molecule has 3 heterocycles. The molecule has 0 aliphatic carbocycles. The molecule has 2 fully saturated rings. The number of hydrogen-bond acceptors (Lipinski definition) is 4. The Labute approximate surface area is 114 Å². The first-order valence-corrected chi connectivity index (χ1v) is 7.35. The number of hydrogen-bond donors (Lipinski definition) is 0. The zero-order valence-electron chi connectivity index (χ0n) is 11.6. The highest BCUT2D eigenvalue weighted by molar-refractivity contribution is 5.04. The summed E-state index contributed by atoms with van der Waals surface area (Å²) in [5.41, 5.74) is 1.28. The van der Waals surface area contributed by atoms with Crippen molar-refractivity contribution in [2.75, 3.05) is 19.8 Å². The summed E-state index contributed by atoms with van der Waals surface area (Å²) in [5, 5.41) is 4.35. The summed E-state index contributed by atoms with van der Waals surface area (Å²) in [6, 6.07) is 0.404. The fourth-order valence-electron chi connectivity index (χ4n) is 3.02. The molecule has 0 amide bonds. The Morgan fingerprint density at radius 3 is 2.89 bits per heavy atom. The van der Waals surface area contributed by atoms with Gasteiger partial charge in [-0.2, -0.15) is 5.10 Å². The number of rotatable bonds is 4. The van der Waals surface area contributed by atoms with Crippen LogP contribution in [0.1, 0.15) is 31.7 Å². The van der Waals surface area contributed by atoms with Crippen molar-refractivity contribution >= 4 is 0 Å². The number of piperidine rings is 1. The minimum Gasteiger partial charge on any atom is -0.349 e. The highest BCUT2D eigenvalue weighted by Gasteiger charge is 2.33. The molecule has 2 aliphatic heterocycles. The van der Waals surface area contributed by atoms with E-state index < -0.39 is 0 Å². The lowest BCUT2D eigenvalue weighted by Crippen LogP contribution is -2.46. The smallest absolute Gasteiger partial charge is 0.173 e. The summed E-state index contributed by atoms with van der Waals surface area (Å²) in [7, 11) is 0. The highest BCUT2D eigenvalue weighted by Crippen LogP contribution is 2.25. The quantitative estimate of drug-likeness (QED) is 0.829. The minimum absolute atomic E-state index is 0.0264. The van der Waals surface area contributed by atoms with E-state index in [2.05, 4.69) is 23.1 Å². The van der Waals surface area contributed by atoms with Gasteiger partial charge in [0.05, 0.1) is 25.5 Å². The molecule has 1 aromatic heterocycles. The Balaban J connectivity index is 1.65. The minimum atomic E-state index is -0.0264. The third-order valence-electron chi connectivity index (χ3n) is 4.02. The Morgan fingerprint density at radius 2 is 2.16 bits per heavy atom. The fourth-order valence-corrected chi connectivity index (χ4v) is 3.02. The molecule has 1 aromatic rings. The normalized spacial score (nSPS) is 26.1. The van der Waals surface area contributed by atoms with Gasteiger partial charge in [-0.25, -0.2) is 0 Å². The van der Waals surface area contributed by atoms with Crippen LogP contribution in [0.5, 0.6) is 0 Å². The van der Waals surface area contributed by atoms with Crippen molar-refractivity contribution < 1.29 is 9.47 Å². The Kier molecular flexibility index (Phi) is 4.15. The van der Waals surface area contributed by atoms with Gasteiger partial charge in [-0.3, -0.25) is 9.58 Å². The molecule has 5 nitrogen and oxygen atoms in total. The Hall–Kier alpha value is -0.910. The topological polar surface area (TPSA) is 39.5 Å². The van der Waals surface area contributed by atoms with Crippen LogP contribution in [0.3, 0.4) is 0 Å². The molecule has 3 rings (SSSR count). The molecule has 0 spiro atoms. The second-order valence-corrected chi connectivity index (χ2v) is 5.35. The first-order valence-electron chi connectivity index (χ1n) is 7.35. The van der Waals surface area contributed by atoms with E-state index in [4.69, 9.17) is 9.47 Å². The molecule has 106 valence electrons. The second-order valence-electron chi connectivity index (χ2n) is 5.35. The summed E-state index contributed by atoms with van der Waals surface area (Å²) in [6.45, 7) is 6.60. The molecule has 19 heavy (non-hydrogen) atoms. The molecule has 0 bridgehead atoms. The van der Waals surface area contributed by atoms with Crippen LogP contribution in [-0.4, -0.2) is 46.8 Å². The van der Waals surface area contributed by atoms with Crippen LogP contribution in [-0.2, 0) is 22.6 Å². The van der Waals surface area contributed by atoms with Crippen molar-refractivity contribution in [3.8, 4) is 0 Å². The monoisotopic (exact) mass is 265 g/mol. The van der Waals surface area contributed by atoms with E-state index in [9.17, 15) is 0 Å². The largest absolute Gasteiger partial charge is 0.349 e. The van der Waals surface area contributed by atoms with Crippen LogP contribution in [0.4, 0.5) is 0 Å². The van der Waals surface area contributed by atoms with Gasteiger partial charge in [0.25, 0.3) is 0 Å². The summed E-state index contributed by atoms with van der Waals surface area (Å²) < 4.78 is 13.4. The maximum atomic E-state index is 5.70. The molecule has 0 radical (unpaired) electrons. The van der Waals surface area contributed by atoms with Crippen LogP contribution in [0.2, 0.25) is 0 Å². The van der Waals surface area contributed by atoms with E-state index in [0.717, 1.165) is 32.8 Å². The molecule has 1 atom stereocenters. The molecular weight excluding hydrogens is 242 g/mol. The van der Waals surface area contributed by atoms with E-state index in [-0.39, 0.29) is 6.29 Å².